The molecule has 0 bridgehead atoms. The molecular formula is C14H24FN3O. The largest absolute Gasteiger partial charge is 0.490 e. The summed E-state index contributed by atoms with van der Waals surface area (Å²) in [5.74, 6) is -0.157. The number of nitrogens with one attached hydrogen (secondary N) is 1. The number of nitrogens with zero attached hydrogens (tertiary/aromatic N) is 1. The molecule has 0 aromatic heterocycles. The van der Waals surface area contributed by atoms with Gasteiger partial charge in [0.25, 0.3) is 0 Å². The summed E-state index contributed by atoms with van der Waals surface area (Å²) in [4.78, 5) is 2.12. The Balaban J connectivity index is 2.61. The van der Waals surface area contributed by atoms with E-state index in [1.807, 2.05) is 21.0 Å². The van der Waals surface area contributed by atoms with Crippen LogP contribution in [0.2, 0.25) is 0 Å². The van der Waals surface area contributed by atoms with Crippen LogP contribution in [-0.4, -0.2) is 38.7 Å². The Morgan fingerprint density at radius 2 is 2.11 bits per heavy atom. The van der Waals surface area contributed by atoms with E-state index in [2.05, 4.69) is 10.2 Å². The number of nitrogen functional groups attached to an aromatic ring is 1. The fraction of sp³-hybridized carbons (Fsp3) is 0.571. The number of hydrogen-bond acceptors (Lipinski definition) is 4. The Labute approximate surface area is 114 Å². The van der Waals surface area contributed by atoms with Crippen LogP contribution in [0.15, 0.2) is 12.1 Å². The standard InChI is InChI=1S/C14H24FN3O/c1-4-8-19-14-10-13(12(16)9-11(14)15)17-6-5-7-18(2)3/h9-10,17H,4-8,16H2,1-3H3. The lowest BCUT2D eigenvalue weighted by molar-refractivity contribution is 0.301. The quantitative estimate of drug-likeness (QED) is 0.562. The lowest BCUT2D eigenvalue weighted by Gasteiger charge is -2.14. The number of halogens is 1. The molecule has 0 aliphatic rings. The molecule has 3 N–H and O–H groups in total. The van der Waals surface area contributed by atoms with Crippen LogP contribution in [0.1, 0.15) is 19.8 Å². The molecule has 0 saturated carbocycles. The second-order valence-corrected chi connectivity index (χ2v) is 4.80. The molecule has 5 heteroatoms. The van der Waals surface area contributed by atoms with Gasteiger partial charge in [-0.1, -0.05) is 6.92 Å². The highest BCUT2D eigenvalue weighted by Crippen LogP contribution is 2.28. The molecule has 0 radical (unpaired) electrons. The minimum Gasteiger partial charge on any atom is -0.490 e. The van der Waals surface area contributed by atoms with E-state index in [9.17, 15) is 4.39 Å². The summed E-state index contributed by atoms with van der Waals surface area (Å²) >= 11 is 0. The molecule has 1 rings (SSSR count). The lowest BCUT2D eigenvalue weighted by atomic mass is 10.2. The van der Waals surface area contributed by atoms with Gasteiger partial charge in [0.15, 0.2) is 11.6 Å². The summed E-state index contributed by atoms with van der Waals surface area (Å²) in [5, 5.41) is 3.21. The van der Waals surface area contributed by atoms with Crippen LogP contribution < -0.4 is 15.8 Å². The first-order valence-corrected chi connectivity index (χ1v) is 6.65. The predicted octanol–water partition coefficient (Wildman–Crippen LogP) is 2.56. The number of hydrogen-bond donors (Lipinski definition) is 2. The second kappa shape index (κ2) is 7.84. The zero-order valence-corrected chi connectivity index (χ0v) is 12.0. The van der Waals surface area contributed by atoms with Gasteiger partial charge in [-0.25, -0.2) is 4.39 Å². The van der Waals surface area contributed by atoms with Gasteiger partial charge in [0.2, 0.25) is 0 Å². The van der Waals surface area contributed by atoms with E-state index in [0.29, 0.717) is 12.3 Å². The van der Waals surface area contributed by atoms with Gasteiger partial charge in [0, 0.05) is 18.7 Å². The molecule has 0 heterocycles. The van der Waals surface area contributed by atoms with E-state index in [4.69, 9.17) is 10.5 Å². The Kier molecular flexibility index (Phi) is 6.42. The van der Waals surface area contributed by atoms with Gasteiger partial charge < -0.3 is 20.7 Å². The van der Waals surface area contributed by atoms with Crippen molar-refractivity contribution >= 4 is 11.4 Å². The van der Waals surface area contributed by atoms with Crippen molar-refractivity contribution in [2.24, 2.45) is 0 Å². The molecule has 4 nitrogen and oxygen atoms in total. The highest BCUT2D eigenvalue weighted by molar-refractivity contribution is 5.68. The second-order valence-electron chi connectivity index (χ2n) is 4.80. The monoisotopic (exact) mass is 269 g/mol. The molecule has 1 aromatic carbocycles. The third-order valence-electron chi connectivity index (χ3n) is 2.66. The van der Waals surface area contributed by atoms with Crippen LogP contribution in [0.3, 0.4) is 0 Å². The lowest BCUT2D eigenvalue weighted by Crippen LogP contribution is -2.16. The van der Waals surface area contributed by atoms with Crippen molar-refractivity contribution in [1.29, 1.82) is 0 Å². The van der Waals surface area contributed by atoms with E-state index in [1.165, 1.54) is 6.07 Å². The first kappa shape index (κ1) is 15.6. The topological polar surface area (TPSA) is 50.5 Å². The van der Waals surface area contributed by atoms with Gasteiger partial charge in [0.1, 0.15) is 0 Å². The van der Waals surface area contributed by atoms with Gasteiger partial charge in [-0.05, 0) is 33.5 Å². The Hall–Kier alpha value is -1.49. The van der Waals surface area contributed by atoms with Crippen molar-refractivity contribution in [2.75, 3.05) is 44.8 Å². The molecule has 0 aliphatic heterocycles. The first-order chi connectivity index (χ1) is 9.04. The average Bonchev–Trinajstić information content (AvgIpc) is 2.35. The van der Waals surface area contributed by atoms with E-state index in [1.54, 1.807) is 6.07 Å². The van der Waals surface area contributed by atoms with Crippen LogP contribution in [0.5, 0.6) is 5.75 Å². The fourth-order valence-electron chi connectivity index (χ4n) is 1.66. The maximum absolute atomic E-state index is 13.6. The highest BCUT2D eigenvalue weighted by atomic mass is 19.1. The van der Waals surface area contributed by atoms with Crippen LogP contribution in [0.25, 0.3) is 0 Å². The zero-order chi connectivity index (χ0) is 14.3. The molecule has 0 spiro atoms. The van der Waals surface area contributed by atoms with Gasteiger partial charge in [-0.3, -0.25) is 0 Å². The predicted molar refractivity (Wildman–Crippen MR) is 78.3 cm³/mol. The molecule has 108 valence electrons. The summed E-state index contributed by atoms with van der Waals surface area (Å²) < 4.78 is 19.0. The summed E-state index contributed by atoms with van der Waals surface area (Å²) in [6, 6.07) is 2.94. The summed E-state index contributed by atoms with van der Waals surface area (Å²) in [6.45, 7) is 4.27. The number of anilines is 2. The van der Waals surface area contributed by atoms with Crippen molar-refractivity contribution in [2.45, 2.75) is 19.8 Å². The van der Waals surface area contributed by atoms with E-state index < -0.39 is 5.82 Å². The third kappa shape index (κ3) is 5.34. The number of rotatable bonds is 8. The molecule has 1 aromatic rings. The van der Waals surface area contributed by atoms with Gasteiger partial charge in [-0.2, -0.15) is 0 Å². The van der Waals surface area contributed by atoms with Crippen molar-refractivity contribution in [3.8, 4) is 5.75 Å². The van der Waals surface area contributed by atoms with Crippen LogP contribution in [0, 0.1) is 5.82 Å². The van der Waals surface area contributed by atoms with E-state index in [0.717, 1.165) is 31.6 Å². The first-order valence-electron chi connectivity index (χ1n) is 6.65. The minimum absolute atomic E-state index is 0.256. The molecule has 0 unspecified atom stereocenters. The SMILES string of the molecule is CCCOc1cc(NCCCN(C)C)c(N)cc1F. The van der Waals surface area contributed by atoms with Crippen molar-refractivity contribution in [3.63, 3.8) is 0 Å². The summed E-state index contributed by atoms with van der Waals surface area (Å²) in [5.41, 5.74) is 6.93. The Morgan fingerprint density at radius 3 is 2.74 bits per heavy atom. The molecule has 0 atom stereocenters. The molecule has 19 heavy (non-hydrogen) atoms. The minimum atomic E-state index is -0.412. The van der Waals surface area contributed by atoms with E-state index in [-0.39, 0.29) is 5.75 Å². The van der Waals surface area contributed by atoms with Crippen molar-refractivity contribution in [3.05, 3.63) is 17.9 Å². The summed E-state index contributed by atoms with van der Waals surface area (Å²) in [7, 11) is 4.06. The van der Waals surface area contributed by atoms with Gasteiger partial charge in [0.05, 0.1) is 18.0 Å². The Morgan fingerprint density at radius 1 is 1.37 bits per heavy atom. The maximum atomic E-state index is 13.6. The van der Waals surface area contributed by atoms with Crippen molar-refractivity contribution in [1.82, 2.24) is 4.90 Å². The molecule has 0 amide bonds. The average molecular weight is 269 g/mol. The zero-order valence-electron chi connectivity index (χ0n) is 12.0. The number of ether oxygens (including phenoxy) is 1. The van der Waals surface area contributed by atoms with Crippen LogP contribution in [-0.2, 0) is 0 Å². The molecule has 0 fully saturated rings. The maximum Gasteiger partial charge on any atom is 0.167 e. The van der Waals surface area contributed by atoms with Crippen molar-refractivity contribution < 1.29 is 9.13 Å². The fourth-order valence-corrected chi connectivity index (χ4v) is 1.66. The molecular weight excluding hydrogens is 245 g/mol. The third-order valence-corrected chi connectivity index (χ3v) is 2.66. The highest BCUT2D eigenvalue weighted by Gasteiger charge is 2.08. The van der Waals surface area contributed by atoms with Crippen LogP contribution >= 0.6 is 0 Å². The summed E-state index contributed by atoms with van der Waals surface area (Å²) in [6.07, 6.45) is 1.84. The van der Waals surface area contributed by atoms with Crippen LogP contribution in [0.4, 0.5) is 15.8 Å². The smallest absolute Gasteiger partial charge is 0.167 e. The normalized spacial score (nSPS) is 10.8. The van der Waals surface area contributed by atoms with Gasteiger partial charge in [-0.15, -0.1) is 0 Å². The number of nitrogens with two attached hydrogens (primary N) is 1. The van der Waals surface area contributed by atoms with Gasteiger partial charge >= 0.3 is 0 Å². The Bertz CT molecular complexity index is 397. The molecule has 0 saturated heterocycles. The molecule has 0 aliphatic carbocycles. The number of benzene rings is 1. The van der Waals surface area contributed by atoms with E-state index >= 15 is 0 Å².